The minimum atomic E-state index is -0.420. The van der Waals surface area contributed by atoms with Gasteiger partial charge in [-0.3, -0.25) is 4.79 Å². The highest BCUT2D eigenvalue weighted by atomic mass is 16.2. The number of carbonyl (C=O) groups excluding carboxylic acids is 1. The summed E-state index contributed by atoms with van der Waals surface area (Å²) in [5, 5.41) is 3.22. The van der Waals surface area contributed by atoms with Gasteiger partial charge in [0.15, 0.2) is 0 Å². The maximum absolute atomic E-state index is 13.2. The number of unbranched alkanes of at least 4 members (excludes halogenated alkanes) is 1. The van der Waals surface area contributed by atoms with Gasteiger partial charge in [-0.05, 0) is 44.2 Å². The zero-order valence-corrected chi connectivity index (χ0v) is 16.8. The van der Waals surface area contributed by atoms with Crippen molar-refractivity contribution in [2.45, 2.75) is 65.2 Å². The van der Waals surface area contributed by atoms with Gasteiger partial charge in [-0.1, -0.05) is 86.3 Å². The van der Waals surface area contributed by atoms with E-state index in [2.05, 4.69) is 81.5 Å². The Labute approximate surface area is 159 Å². The van der Waals surface area contributed by atoms with Gasteiger partial charge in [-0.25, -0.2) is 0 Å². The van der Waals surface area contributed by atoms with Gasteiger partial charge < -0.3 is 5.32 Å². The predicted octanol–water partition coefficient (Wildman–Crippen LogP) is 5.50. The molecule has 2 rings (SSSR count). The number of hydrogen-bond acceptors (Lipinski definition) is 1. The van der Waals surface area contributed by atoms with Crippen LogP contribution in [0.3, 0.4) is 0 Å². The molecule has 26 heavy (non-hydrogen) atoms. The molecule has 1 unspecified atom stereocenters. The first-order chi connectivity index (χ1) is 12.5. The molecule has 0 aliphatic carbocycles. The van der Waals surface area contributed by atoms with E-state index in [9.17, 15) is 4.79 Å². The summed E-state index contributed by atoms with van der Waals surface area (Å²) >= 11 is 0. The highest BCUT2D eigenvalue weighted by molar-refractivity contribution is 5.88. The number of hydrogen-bond donors (Lipinski definition) is 1. The number of amides is 1. The Morgan fingerprint density at radius 3 is 2.04 bits per heavy atom. The molecule has 0 heterocycles. The zero-order chi connectivity index (χ0) is 19.0. The number of aryl methyl sites for hydroxylation is 2. The van der Waals surface area contributed by atoms with Crippen molar-refractivity contribution in [3.8, 4) is 0 Å². The summed E-state index contributed by atoms with van der Waals surface area (Å²) in [5.74, 6) is 0.171. The third-order valence-electron chi connectivity index (χ3n) is 5.42. The Morgan fingerprint density at radius 1 is 0.923 bits per heavy atom. The third-order valence-corrected chi connectivity index (χ3v) is 5.42. The first-order valence-corrected chi connectivity index (χ1v) is 9.93. The molecule has 0 bridgehead atoms. The summed E-state index contributed by atoms with van der Waals surface area (Å²) in [7, 11) is 0. The van der Waals surface area contributed by atoms with Crippen LogP contribution in [0.2, 0.25) is 0 Å². The van der Waals surface area contributed by atoms with Crippen molar-refractivity contribution in [3.05, 3.63) is 70.8 Å². The second kappa shape index (κ2) is 9.56. The van der Waals surface area contributed by atoms with Crippen molar-refractivity contribution < 1.29 is 4.79 Å². The van der Waals surface area contributed by atoms with Crippen LogP contribution < -0.4 is 5.32 Å². The van der Waals surface area contributed by atoms with Gasteiger partial charge in [-0.2, -0.15) is 0 Å². The minimum Gasteiger partial charge on any atom is -0.355 e. The summed E-state index contributed by atoms with van der Waals surface area (Å²) in [6, 6.07) is 17.0. The van der Waals surface area contributed by atoms with Gasteiger partial charge in [0.05, 0.1) is 5.41 Å². The van der Waals surface area contributed by atoms with Crippen LogP contribution in [-0.2, 0) is 16.6 Å². The molecular weight excluding hydrogens is 318 g/mol. The van der Waals surface area contributed by atoms with Crippen molar-refractivity contribution in [2.75, 3.05) is 6.54 Å². The van der Waals surface area contributed by atoms with Crippen LogP contribution in [0.15, 0.2) is 48.5 Å². The van der Waals surface area contributed by atoms with E-state index in [1.807, 2.05) is 0 Å². The molecule has 2 nitrogen and oxygen atoms in total. The molecule has 0 saturated carbocycles. The van der Waals surface area contributed by atoms with Crippen LogP contribution in [0.25, 0.3) is 0 Å². The molecule has 1 atom stereocenters. The normalized spacial score (nSPS) is 13.2. The fraction of sp³-hybridized carbons (Fsp3) is 0.458. The lowest BCUT2D eigenvalue weighted by Crippen LogP contribution is -2.44. The maximum Gasteiger partial charge on any atom is 0.230 e. The fourth-order valence-corrected chi connectivity index (χ4v) is 3.53. The van der Waals surface area contributed by atoms with E-state index in [0.29, 0.717) is 6.54 Å². The topological polar surface area (TPSA) is 29.1 Å². The van der Waals surface area contributed by atoms with Crippen molar-refractivity contribution in [1.29, 1.82) is 0 Å². The van der Waals surface area contributed by atoms with Crippen LogP contribution >= 0.6 is 0 Å². The van der Waals surface area contributed by atoms with Crippen molar-refractivity contribution >= 4 is 5.91 Å². The van der Waals surface area contributed by atoms with Gasteiger partial charge in [0.25, 0.3) is 0 Å². The first kappa shape index (κ1) is 20.2. The van der Waals surface area contributed by atoms with Crippen LogP contribution in [0, 0.1) is 13.8 Å². The van der Waals surface area contributed by atoms with Gasteiger partial charge in [0.2, 0.25) is 5.91 Å². The highest BCUT2D eigenvalue weighted by Crippen LogP contribution is 2.34. The molecule has 140 valence electrons. The zero-order valence-electron chi connectivity index (χ0n) is 16.8. The second-order valence-corrected chi connectivity index (χ2v) is 7.40. The van der Waals surface area contributed by atoms with Crippen molar-refractivity contribution in [2.24, 2.45) is 0 Å². The van der Waals surface area contributed by atoms with E-state index in [1.54, 1.807) is 0 Å². The van der Waals surface area contributed by atoms with Crippen LogP contribution in [0.4, 0.5) is 0 Å². The number of rotatable bonds is 9. The quantitative estimate of drug-likeness (QED) is 0.635. The molecule has 0 aromatic heterocycles. The Balaban J connectivity index is 2.11. The van der Waals surface area contributed by atoms with E-state index >= 15 is 0 Å². The molecule has 0 aliphatic heterocycles. The third kappa shape index (κ3) is 4.97. The predicted molar refractivity (Wildman–Crippen MR) is 111 cm³/mol. The molecule has 0 aliphatic rings. The van der Waals surface area contributed by atoms with Crippen LogP contribution in [0.1, 0.15) is 61.8 Å². The SMILES string of the molecule is CCCCC(CC)(C(=O)NCCc1ccc(C)cc1)c1ccc(C)cc1. The lowest BCUT2D eigenvalue weighted by Gasteiger charge is -2.32. The average Bonchev–Trinajstić information content (AvgIpc) is 2.65. The number of carbonyl (C=O) groups is 1. The largest absolute Gasteiger partial charge is 0.355 e. The van der Waals surface area contributed by atoms with E-state index < -0.39 is 5.41 Å². The standard InChI is InChI=1S/C24H33NO/c1-5-7-17-24(6-2,22-14-10-20(4)11-15-22)23(26)25-18-16-21-12-8-19(3)9-13-21/h8-15H,5-7,16-18H2,1-4H3,(H,25,26). The summed E-state index contributed by atoms with van der Waals surface area (Å²) in [5.41, 5.74) is 4.49. The van der Waals surface area contributed by atoms with E-state index in [0.717, 1.165) is 37.7 Å². The van der Waals surface area contributed by atoms with Crippen molar-refractivity contribution in [1.82, 2.24) is 5.32 Å². The first-order valence-electron chi connectivity index (χ1n) is 9.93. The summed E-state index contributed by atoms with van der Waals surface area (Å²) in [6.07, 6.45) is 4.76. The summed E-state index contributed by atoms with van der Waals surface area (Å²) in [6.45, 7) is 9.18. The van der Waals surface area contributed by atoms with Gasteiger partial charge >= 0.3 is 0 Å². The van der Waals surface area contributed by atoms with Crippen LogP contribution in [-0.4, -0.2) is 12.5 Å². The molecule has 0 radical (unpaired) electrons. The fourth-order valence-electron chi connectivity index (χ4n) is 3.53. The minimum absolute atomic E-state index is 0.171. The molecule has 2 heteroatoms. The molecule has 1 amide bonds. The van der Waals surface area contributed by atoms with E-state index in [1.165, 1.54) is 16.7 Å². The van der Waals surface area contributed by atoms with Crippen LogP contribution in [0.5, 0.6) is 0 Å². The summed E-state index contributed by atoms with van der Waals surface area (Å²) < 4.78 is 0. The average molecular weight is 352 g/mol. The maximum atomic E-state index is 13.2. The molecule has 1 N–H and O–H groups in total. The van der Waals surface area contributed by atoms with E-state index in [-0.39, 0.29) is 5.91 Å². The van der Waals surface area contributed by atoms with E-state index in [4.69, 9.17) is 0 Å². The van der Waals surface area contributed by atoms with Gasteiger partial charge in [0.1, 0.15) is 0 Å². The second-order valence-electron chi connectivity index (χ2n) is 7.40. The van der Waals surface area contributed by atoms with Crippen molar-refractivity contribution in [3.63, 3.8) is 0 Å². The Hall–Kier alpha value is -2.09. The molecule has 0 fully saturated rings. The smallest absolute Gasteiger partial charge is 0.230 e. The molecule has 2 aromatic rings. The lowest BCUT2D eigenvalue weighted by molar-refractivity contribution is -0.127. The Morgan fingerprint density at radius 2 is 1.50 bits per heavy atom. The summed E-state index contributed by atoms with van der Waals surface area (Å²) in [4.78, 5) is 13.2. The number of benzene rings is 2. The molecule has 0 saturated heterocycles. The number of nitrogens with one attached hydrogen (secondary N) is 1. The Bertz CT molecular complexity index is 687. The molecular formula is C24H33NO. The Kier molecular flexibility index (Phi) is 7.44. The molecule has 0 spiro atoms. The van der Waals surface area contributed by atoms with Gasteiger partial charge in [-0.15, -0.1) is 0 Å². The van der Waals surface area contributed by atoms with Gasteiger partial charge in [0, 0.05) is 6.54 Å². The highest BCUT2D eigenvalue weighted by Gasteiger charge is 2.37. The lowest BCUT2D eigenvalue weighted by atomic mass is 9.73. The molecule has 2 aromatic carbocycles. The monoisotopic (exact) mass is 351 g/mol.